The molecule has 0 rings (SSSR count). The summed E-state index contributed by atoms with van der Waals surface area (Å²) < 4.78 is 4.51. The Kier molecular flexibility index (Phi) is 3.98. The maximum Gasteiger partial charge on any atom is 0.251 e. The molecule has 44 valence electrons. The molecule has 0 fully saturated rings. The molecule has 0 spiro atoms. The zero-order chi connectivity index (χ0) is 5.86. The quantitative estimate of drug-likeness (QED) is 0.297. The molecule has 2 unspecified atom stereocenters. The van der Waals surface area contributed by atoms with E-state index < -0.39 is 8.53 Å². The molecule has 0 aliphatic rings. The van der Waals surface area contributed by atoms with Crippen LogP contribution in [0.5, 0.6) is 0 Å². The van der Waals surface area contributed by atoms with Gasteiger partial charge in [0.15, 0.2) is 0 Å². The number of rotatable bonds is 2. The number of thiol groups is 1. The van der Waals surface area contributed by atoms with Crippen molar-refractivity contribution in [3.8, 4) is 0 Å². The third-order valence-corrected chi connectivity index (χ3v) is 1.06. The van der Waals surface area contributed by atoms with Crippen molar-refractivity contribution < 1.29 is 9.42 Å². The van der Waals surface area contributed by atoms with Crippen molar-refractivity contribution in [2.75, 3.05) is 0 Å². The van der Waals surface area contributed by atoms with Gasteiger partial charge in [-0.25, -0.2) is 0 Å². The lowest BCUT2D eigenvalue weighted by atomic mass is 10.9. The van der Waals surface area contributed by atoms with Crippen LogP contribution < -0.4 is 5.50 Å². The zero-order valence-corrected chi connectivity index (χ0v) is 5.69. The van der Waals surface area contributed by atoms with E-state index in [0.29, 0.717) is 0 Å². The lowest BCUT2D eigenvalue weighted by Gasteiger charge is -2.05. The Labute approximate surface area is 49.2 Å². The van der Waals surface area contributed by atoms with E-state index in [9.17, 15) is 0 Å². The molecular weight excluding hydrogens is 133 g/mol. The molecule has 0 aromatic carbocycles. The maximum absolute atomic E-state index is 8.29. The van der Waals surface area contributed by atoms with Gasteiger partial charge in [0.25, 0.3) is 8.53 Å². The van der Waals surface area contributed by atoms with Crippen LogP contribution in [0.2, 0.25) is 0 Å². The Morgan fingerprint density at radius 1 is 2.00 bits per heavy atom. The second kappa shape index (κ2) is 3.64. The first-order valence-electron chi connectivity index (χ1n) is 1.71. The molecule has 0 saturated heterocycles. The zero-order valence-electron chi connectivity index (χ0n) is 3.90. The Morgan fingerprint density at radius 2 is 2.43 bits per heavy atom. The normalized spacial score (nSPS) is 18.9. The summed E-state index contributed by atoms with van der Waals surface area (Å²) >= 11 is 3.79. The SMILES string of the molecule is CC(S)OP(N)O. The van der Waals surface area contributed by atoms with Gasteiger partial charge in [-0.2, -0.15) is 0 Å². The Bertz CT molecular complexity index is 45.0. The highest BCUT2D eigenvalue weighted by Crippen LogP contribution is 2.23. The fourth-order valence-corrected chi connectivity index (χ4v) is 0.759. The molecule has 3 nitrogen and oxygen atoms in total. The molecule has 0 amide bonds. The molecule has 0 aromatic rings. The highest BCUT2D eigenvalue weighted by molar-refractivity contribution is 7.80. The van der Waals surface area contributed by atoms with Crippen LogP contribution in [0.25, 0.3) is 0 Å². The van der Waals surface area contributed by atoms with Crippen LogP contribution in [-0.4, -0.2) is 10.3 Å². The van der Waals surface area contributed by atoms with Crippen LogP contribution in [-0.2, 0) is 4.52 Å². The monoisotopic (exact) mass is 141 g/mol. The molecule has 0 radical (unpaired) electrons. The van der Waals surface area contributed by atoms with Crippen molar-refractivity contribution in [1.82, 2.24) is 0 Å². The number of nitrogens with two attached hydrogens (primary N) is 1. The van der Waals surface area contributed by atoms with Crippen LogP contribution in [0.1, 0.15) is 6.92 Å². The predicted octanol–water partition coefficient (Wildman–Crippen LogP) is 0.457. The average molecular weight is 141 g/mol. The molecule has 0 bridgehead atoms. The van der Waals surface area contributed by atoms with E-state index in [2.05, 4.69) is 17.2 Å². The van der Waals surface area contributed by atoms with E-state index in [0.717, 1.165) is 0 Å². The van der Waals surface area contributed by atoms with Crippen LogP contribution in [0.4, 0.5) is 0 Å². The molecule has 0 aliphatic carbocycles. The first-order chi connectivity index (χ1) is 3.13. The van der Waals surface area contributed by atoms with Crippen LogP contribution in [0.3, 0.4) is 0 Å². The highest BCUT2D eigenvalue weighted by atomic mass is 32.1. The largest absolute Gasteiger partial charge is 0.338 e. The molecule has 0 aromatic heterocycles. The van der Waals surface area contributed by atoms with Gasteiger partial charge in [0, 0.05) is 0 Å². The van der Waals surface area contributed by atoms with Crippen LogP contribution >= 0.6 is 21.2 Å². The molecular formula is C2H8NO2PS. The molecule has 3 N–H and O–H groups in total. The molecule has 5 heteroatoms. The molecule has 0 aliphatic heterocycles. The third kappa shape index (κ3) is 6.66. The summed E-state index contributed by atoms with van der Waals surface area (Å²) in [5.74, 6) is 0. The Morgan fingerprint density at radius 3 is 2.43 bits per heavy atom. The highest BCUT2D eigenvalue weighted by Gasteiger charge is 1.98. The van der Waals surface area contributed by atoms with Crippen LogP contribution in [0, 0.1) is 0 Å². The summed E-state index contributed by atoms with van der Waals surface area (Å²) in [4.78, 5) is 8.29. The van der Waals surface area contributed by atoms with Gasteiger partial charge >= 0.3 is 0 Å². The lowest BCUT2D eigenvalue weighted by Crippen LogP contribution is -1.98. The van der Waals surface area contributed by atoms with E-state index in [4.69, 9.17) is 10.4 Å². The summed E-state index contributed by atoms with van der Waals surface area (Å²) in [6.07, 6.45) is 0. The lowest BCUT2D eigenvalue weighted by molar-refractivity contribution is 0.303. The van der Waals surface area contributed by atoms with E-state index in [1.165, 1.54) is 0 Å². The van der Waals surface area contributed by atoms with Crippen molar-refractivity contribution in [3.63, 3.8) is 0 Å². The van der Waals surface area contributed by atoms with E-state index in [1.807, 2.05) is 0 Å². The van der Waals surface area contributed by atoms with E-state index >= 15 is 0 Å². The minimum atomic E-state index is -1.72. The van der Waals surface area contributed by atoms with Gasteiger partial charge in [0.1, 0.15) is 5.44 Å². The third-order valence-electron chi connectivity index (χ3n) is 0.261. The smallest absolute Gasteiger partial charge is 0.251 e. The van der Waals surface area contributed by atoms with Crippen molar-refractivity contribution in [1.29, 1.82) is 0 Å². The number of hydrogen-bond acceptors (Lipinski definition) is 4. The van der Waals surface area contributed by atoms with Gasteiger partial charge in [0.05, 0.1) is 0 Å². The first-order valence-corrected chi connectivity index (χ1v) is 3.51. The van der Waals surface area contributed by atoms with Gasteiger partial charge in [0.2, 0.25) is 0 Å². The van der Waals surface area contributed by atoms with Crippen molar-refractivity contribution >= 4 is 21.2 Å². The van der Waals surface area contributed by atoms with Crippen molar-refractivity contribution in [3.05, 3.63) is 0 Å². The summed E-state index contributed by atoms with van der Waals surface area (Å²) in [5.41, 5.74) is 4.57. The predicted molar refractivity (Wildman–Crippen MR) is 32.9 cm³/mol. The second-order valence-electron chi connectivity index (χ2n) is 1.01. The summed E-state index contributed by atoms with van der Waals surface area (Å²) in [6, 6.07) is 0. The van der Waals surface area contributed by atoms with E-state index in [-0.39, 0.29) is 5.44 Å². The second-order valence-corrected chi connectivity index (χ2v) is 2.55. The van der Waals surface area contributed by atoms with Gasteiger partial charge < -0.3 is 9.42 Å². The maximum atomic E-state index is 8.29. The number of hydrogen-bond donors (Lipinski definition) is 3. The topological polar surface area (TPSA) is 55.5 Å². The molecule has 0 saturated carbocycles. The first kappa shape index (κ1) is 7.66. The summed E-state index contributed by atoms with van der Waals surface area (Å²) in [5, 5.41) is 0. The van der Waals surface area contributed by atoms with E-state index in [1.54, 1.807) is 6.92 Å². The van der Waals surface area contributed by atoms with Gasteiger partial charge in [-0.3, -0.25) is 5.50 Å². The van der Waals surface area contributed by atoms with Gasteiger partial charge in [-0.15, -0.1) is 12.6 Å². The minimum absolute atomic E-state index is 0.277. The standard InChI is InChI=1S/C2H8NO2PS/c1-2(7)5-6(3)4/h2,4,7H,3H2,1H3. The van der Waals surface area contributed by atoms with Crippen molar-refractivity contribution in [2.45, 2.75) is 12.4 Å². The van der Waals surface area contributed by atoms with Crippen LogP contribution in [0.15, 0.2) is 0 Å². The fraction of sp³-hybridized carbons (Fsp3) is 1.00. The Balaban J connectivity index is 2.95. The van der Waals surface area contributed by atoms with Gasteiger partial charge in [-0.1, -0.05) is 0 Å². The Hall–Kier alpha value is 0.660. The summed E-state index contributed by atoms with van der Waals surface area (Å²) in [7, 11) is -1.72. The molecule has 0 heterocycles. The van der Waals surface area contributed by atoms with Gasteiger partial charge in [-0.05, 0) is 6.92 Å². The summed E-state index contributed by atoms with van der Waals surface area (Å²) in [6.45, 7) is 1.68. The molecule has 2 atom stereocenters. The molecule has 7 heavy (non-hydrogen) atoms. The van der Waals surface area contributed by atoms with Crippen molar-refractivity contribution in [2.24, 2.45) is 5.50 Å². The fourth-order valence-electron chi connectivity index (χ4n) is 0.156. The minimum Gasteiger partial charge on any atom is -0.338 e. The average Bonchev–Trinajstić information content (AvgIpc) is 1.27.